The summed E-state index contributed by atoms with van der Waals surface area (Å²) in [5.41, 5.74) is 3.27. The number of imidazole rings is 1. The molecule has 3 aromatic rings. The first kappa shape index (κ1) is 14.7. The number of rotatable bonds is 3. The molecule has 0 atom stereocenters. The fourth-order valence-electron chi connectivity index (χ4n) is 3.18. The van der Waals surface area contributed by atoms with Crippen molar-refractivity contribution < 1.29 is 4.74 Å². The molecule has 0 saturated carbocycles. The average Bonchev–Trinajstić information content (AvgIpc) is 2.95. The Morgan fingerprint density at radius 1 is 1.17 bits per heavy atom. The second-order valence-electron chi connectivity index (χ2n) is 5.98. The minimum atomic E-state index is 0.640. The molecule has 0 spiro atoms. The minimum absolute atomic E-state index is 0.640. The van der Waals surface area contributed by atoms with E-state index in [9.17, 15) is 0 Å². The molecule has 4 nitrogen and oxygen atoms in total. The van der Waals surface area contributed by atoms with Crippen LogP contribution >= 0.6 is 11.6 Å². The molecule has 2 aromatic heterocycles. The maximum Gasteiger partial charge on any atom is 0.144 e. The summed E-state index contributed by atoms with van der Waals surface area (Å²) in [6.45, 7) is 1.72. The Kier molecular flexibility index (Phi) is 4.02. The third-order valence-corrected chi connectivity index (χ3v) is 4.70. The van der Waals surface area contributed by atoms with E-state index in [1.807, 2.05) is 36.7 Å². The van der Waals surface area contributed by atoms with Crippen molar-refractivity contribution in [3.63, 3.8) is 0 Å². The van der Waals surface area contributed by atoms with Gasteiger partial charge in [-0.25, -0.2) is 4.98 Å². The highest BCUT2D eigenvalue weighted by Gasteiger charge is 2.19. The summed E-state index contributed by atoms with van der Waals surface area (Å²) in [5, 5.41) is 0.735. The SMILES string of the molecule is Clc1ccc(-c2nc(CC3CCOCC3)c3cnccn23)cc1. The summed E-state index contributed by atoms with van der Waals surface area (Å²) in [7, 11) is 0. The zero-order chi connectivity index (χ0) is 15.6. The van der Waals surface area contributed by atoms with Gasteiger partial charge in [0.25, 0.3) is 0 Å². The van der Waals surface area contributed by atoms with Crippen molar-refractivity contribution in [2.24, 2.45) is 5.92 Å². The van der Waals surface area contributed by atoms with Crippen LogP contribution in [0.1, 0.15) is 18.5 Å². The van der Waals surface area contributed by atoms with Crippen LogP contribution in [0.5, 0.6) is 0 Å². The first-order valence-corrected chi connectivity index (χ1v) is 8.33. The third kappa shape index (κ3) is 2.96. The van der Waals surface area contributed by atoms with Crippen LogP contribution < -0.4 is 0 Å². The molecule has 1 aromatic carbocycles. The second kappa shape index (κ2) is 6.30. The van der Waals surface area contributed by atoms with Crippen LogP contribution in [0.3, 0.4) is 0 Å². The maximum absolute atomic E-state index is 6.00. The number of fused-ring (bicyclic) bond motifs is 1. The van der Waals surface area contributed by atoms with Crippen molar-refractivity contribution in [1.29, 1.82) is 0 Å². The van der Waals surface area contributed by atoms with Crippen LogP contribution in [-0.4, -0.2) is 27.6 Å². The molecular weight excluding hydrogens is 310 g/mol. The van der Waals surface area contributed by atoms with Crippen LogP contribution in [0, 0.1) is 5.92 Å². The standard InChI is InChI=1S/C18H18ClN3O/c19-15-3-1-14(2-4-15)18-21-16(11-13-5-9-23-10-6-13)17-12-20-7-8-22(17)18/h1-4,7-8,12-13H,5-6,9-11H2. The van der Waals surface area contributed by atoms with Gasteiger partial charge in [-0.05, 0) is 49.4 Å². The maximum atomic E-state index is 6.00. The van der Waals surface area contributed by atoms with Crippen LogP contribution in [0.15, 0.2) is 42.9 Å². The molecule has 5 heteroatoms. The van der Waals surface area contributed by atoms with E-state index in [0.29, 0.717) is 5.92 Å². The average molecular weight is 328 g/mol. The van der Waals surface area contributed by atoms with Gasteiger partial charge in [0.1, 0.15) is 5.82 Å². The lowest BCUT2D eigenvalue weighted by Gasteiger charge is -2.21. The molecule has 0 radical (unpaired) electrons. The van der Waals surface area contributed by atoms with Crippen LogP contribution in [-0.2, 0) is 11.2 Å². The topological polar surface area (TPSA) is 39.4 Å². The van der Waals surface area contributed by atoms with Crippen molar-refractivity contribution in [3.05, 3.63) is 53.6 Å². The van der Waals surface area contributed by atoms with E-state index in [2.05, 4.69) is 9.38 Å². The summed E-state index contributed by atoms with van der Waals surface area (Å²) >= 11 is 6.00. The lowest BCUT2D eigenvalue weighted by molar-refractivity contribution is 0.0664. The molecule has 0 aliphatic carbocycles. The summed E-state index contributed by atoms with van der Waals surface area (Å²) in [6.07, 6.45) is 8.87. The third-order valence-electron chi connectivity index (χ3n) is 4.45. The van der Waals surface area contributed by atoms with Gasteiger partial charge in [0, 0.05) is 36.2 Å². The van der Waals surface area contributed by atoms with E-state index < -0.39 is 0 Å². The van der Waals surface area contributed by atoms with E-state index >= 15 is 0 Å². The largest absolute Gasteiger partial charge is 0.381 e. The Balaban J connectivity index is 1.75. The smallest absolute Gasteiger partial charge is 0.144 e. The predicted octanol–water partition coefficient (Wildman–Crippen LogP) is 4.02. The van der Waals surface area contributed by atoms with Crippen molar-refractivity contribution in [1.82, 2.24) is 14.4 Å². The fraction of sp³-hybridized carbons (Fsp3) is 0.333. The highest BCUT2D eigenvalue weighted by Crippen LogP contribution is 2.27. The Morgan fingerprint density at radius 2 is 1.96 bits per heavy atom. The minimum Gasteiger partial charge on any atom is -0.381 e. The Bertz CT molecular complexity index is 807. The highest BCUT2D eigenvalue weighted by molar-refractivity contribution is 6.30. The molecule has 1 aliphatic heterocycles. The summed E-state index contributed by atoms with van der Waals surface area (Å²) in [4.78, 5) is 9.20. The van der Waals surface area contributed by atoms with Crippen molar-refractivity contribution in [3.8, 4) is 11.4 Å². The quantitative estimate of drug-likeness (QED) is 0.729. The van der Waals surface area contributed by atoms with Gasteiger partial charge in [-0.15, -0.1) is 0 Å². The van der Waals surface area contributed by atoms with E-state index in [1.165, 1.54) is 0 Å². The van der Waals surface area contributed by atoms with Crippen LogP contribution in [0.25, 0.3) is 16.9 Å². The van der Waals surface area contributed by atoms with Gasteiger partial charge >= 0.3 is 0 Å². The first-order chi connectivity index (χ1) is 11.3. The van der Waals surface area contributed by atoms with Gasteiger partial charge in [0.2, 0.25) is 0 Å². The molecule has 4 rings (SSSR count). The molecule has 1 aliphatic rings. The highest BCUT2D eigenvalue weighted by atomic mass is 35.5. The van der Waals surface area contributed by atoms with Crippen molar-refractivity contribution in [2.75, 3.05) is 13.2 Å². The van der Waals surface area contributed by atoms with E-state index in [1.54, 1.807) is 6.20 Å². The summed E-state index contributed by atoms with van der Waals surface area (Å²) < 4.78 is 7.58. The predicted molar refractivity (Wildman–Crippen MR) is 90.7 cm³/mol. The fourth-order valence-corrected chi connectivity index (χ4v) is 3.30. The molecule has 0 N–H and O–H groups in total. The Hall–Kier alpha value is -1.91. The molecule has 1 saturated heterocycles. The lowest BCUT2D eigenvalue weighted by Crippen LogP contribution is -2.17. The second-order valence-corrected chi connectivity index (χ2v) is 6.42. The van der Waals surface area contributed by atoms with Crippen molar-refractivity contribution >= 4 is 17.1 Å². The lowest BCUT2D eigenvalue weighted by atomic mass is 9.95. The molecule has 0 bridgehead atoms. The zero-order valence-corrected chi connectivity index (χ0v) is 13.5. The van der Waals surface area contributed by atoms with E-state index in [-0.39, 0.29) is 0 Å². The molecule has 1 fully saturated rings. The molecule has 118 valence electrons. The van der Waals surface area contributed by atoms with E-state index in [4.69, 9.17) is 21.3 Å². The monoisotopic (exact) mass is 327 g/mol. The van der Waals surface area contributed by atoms with Crippen LogP contribution in [0.4, 0.5) is 0 Å². The number of aromatic nitrogens is 3. The Labute approximate surface area is 140 Å². The number of benzene rings is 1. The number of hydrogen-bond acceptors (Lipinski definition) is 3. The Morgan fingerprint density at radius 3 is 2.74 bits per heavy atom. The van der Waals surface area contributed by atoms with Crippen molar-refractivity contribution in [2.45, 2.75) is 19.3 Å². The van der Waals surface area contributed by atoms with Gasteiger partial charge in [0.05, 0.1) is 17.4 Å². The first-order valence-electron chi connectivity index (χ1n) is 7.96. The zero-order valence-electron chi connectivity index (χ0n) is 12.8. The van der Waals surface area contributed by atoms with E-state index in [0.717, 1.165) is 60.1 Å². The normalized spacial score (nSPS) is 16.0. The van der Waals surface area contributed by atoms with Gasteiger partial charge in [0.15, 0.2) is 0 Å². The summed E-state index contributed by atoms with van der Waals surface area (Å²) in [6, 6.07) is 7.82. The van der Waals surface area contributed by atoms with Gasteiger partial charge in [-0.3, -0.25) is 9.38 Å². The number of hydrogen-bond donors (Lipinski definition) is 0. The number of halogens is 1. The molecular formula is C18H18ClN3O. The number of ether oxygens (including phenoxy) is 1. The molecule has 23 heavy (non-hydrogen) atoms. The molecule has 3 heterocycles. The molecule has 0 amide bonds. The molecule has 0 unspecified atom stereocenters. The van der Waals surface area contributed by atoms with Gasteiger partial charge < -0.3 is 4.74 Å². The van der Waals surface area contributed by atoms with Gasteiger partial charge in [-0.2, -0.15) is 0 Å². The van der Waals surface area contributed by atoms with Crippen LogP contribution in [0.2, 0.25) is 5.02 Å². The number of nitrogens with zero attached hydrogens (tertiary/aromatic N) is 3. The summed E-state index contributed by atoms with van der Waals surface area (Å²) in [5.74, 6) is 1.59. The van der Waals surface area contributed by atoms with Gasteiger partial charge in [-0.1, -0.05) is 11.6 Å².